The van der Waals surface area contributed by atoms with Crippen LogP contribution in [0.1, 0.15) is 24.8 Å². The summed E-state index contributed by atoms with van der Waals surface area (Å²) in [5.74, 6) is 0.373. The Balaban J connectivity index is 2.19. The number of carbonyl (C=O) groups is 1. The molecule has 0 aromatic heterocycles. The lowest BCUT2D eigenvalue weighted by Crippen LogP contribution is -2.25. The predicted octanol–water partition coefficient (Wildman–Crippen LogP) is 2.89. The molecule has 0 radical (unpaired) electrons. The summed E-state index contributed by atoms with van der Waals surface area (Å²) >= 11 is 5.51. The van der Waals surface area contributed by atoms with Crippen LogP contribution in [0.3, 0.4) is 0 Å². The molecule has 0 bridgehead atoms. The van der Waals surface area contributed by atoms with Gasteiger partial charge in [0.25, 0.3) is 0 Å². The topological polar surface area (TPSA) is 29.1 Å². The molecule has 0 spiro atoms. The second kappa shape index (κ2) is 8.07. The van der Waals surface area contributed by atoms with Gasteiger partial charge in [-0.25, -0.2) is 4.39 Å². The van der Waals surface area contributed by atoms with E-state index in [1.165, 1.54) is 6.07 Å². The normalized spacial score (nSPS) is 10.2. The molecule has 0 fully saturated rings. The smallest absolute Gasteiger partial charge is 0.220 e. The van der Waals surface area contributed by atoms with Crippen molar-refractivity contribution in [3.8, 4) is 0 Å². The van der Waals surface area contributed by atoms with Gasteiger partial charge in [-0.15, -0.1) is 11.6 Å². The van der Waals surface area contributed by atoms with E-state index in [1.54, 1.807) is 18.2 Å². The first-order valence-corrected chi connectivity index (χ1v) is 6.33. The fraction of sp³-hybridized carbons (Fsp3) is 0.462. The van der Waals surface area contributed by atoms with Gasteiger partial charge in [0, 0.05) is 18.8 Å². The maximum Gasteiger partial charge on any atom is 0.220 e. The van der Waals surface area contributed by atoms with E-state index in [9.17, 15) is 9.18 Å². The lowest BCUT2D eigenvalue weighted by atomic mass is 10.1. The molecule has 1 amide bonds. The number of benzene rings is 1. The number of halogens is 2. The highest BCUT2D eigenvalue weighted by molar-refractivity contribution is 6.17. The van der Waals surface area contributed by atoms with Crippen LogP contribution >= 0.6 is 11.6 Å². The summed E-state index contributed by atoms with van der Waals surface area (Å²) < 4.78 is 13.2. The molecule has 1 rings (SSSR count). The first-order valence-electron chi connectivity index (χ1n) is 5.80. The highest BCUT2D eigenvalue weighted by atomic mass is 35.5. The second-order valence-corrected chi connectivity index (χ2v) is 4.22. The number of hydrogen-bond donors (Lipinski definition) is 1. The molecule has 1 aromatic carbocycles. The Morgan fingerprint density at radius 3 is 2.76 bits per heavy atom. The molecule has 0 heterocycles. The Kier molecular flexibility index (Phi) is 6.63. The van der Waals surface area contributed by atoms with Gasteiger partial charge in [-0.3, -0.25) is 4.79 Å². The van der Waals surface area contributed by atoms with Crippen molar-refractivity contribution in [2.45, 2.75) is 25.7 Å². The molecule has 4 heteroatoms. The number of rotatable bonds is 7. The summed E-state index contributed by atoms with van der Waals surface area (Å²) in [7, 11) is 0. The van der Waals surface area contributed by atoms with Crippen molar-refractivity contribution >= 4 is 17.5 Å². The quantitative estimate of drug-likeness (QED) is 0.591. The zero-order valence-corrected chi connectivity index (χ0v) is 10.5. The minimum Gasteiger partial charge on any atom is -0.356 e. The number of hydrogen-bond acceptors (Lipinski definition) is 1. The molecule has 2 nitrogen and oxygen atoms in total. The Hall–Kier alpha value is -1.09. The van der Waals surface area contributed by atoms with Crippen molar-refractivity contribution in [1.29, 1.82) is 0 Å². The summed E-state index contributed by atoms with van der Waals surface area (Å²) in [4.78, 5) is 11.3. The number of alkyl halides is 1. The van der Waals surface area contributed by atoms with Crippen LogP contribution in [0.25, 0.3) is 0 Å². The zero-order chi connectivity index (χ0) is 12.5. The van der Waals surface area contributed by atoms with Gasteiger partial charge in [-0.1, -0.05) is 18.2 Å². The van der Waals surface area contributed by atoms with Gasteiger partial charge in [0.05, 0.1) is 0 Å². The lowest BCUT2D eigenvalue weighted by Gasteiger charge is -2.05. The third-order valence-corrected chi connectivity index (χ3v) is 2.73. The van der Waals surface area contributed by atoms with E-state index in [0.29, 0.717) is 30.8 Å². The summed E-state index contributed by atoms with van der Waals surface area (Å²) in [6.45, 7) is 0.473. The number of amides is 1. The highest BCUT2D eigenvalue weighted by Gasteiger charge is 2.03. The molecular weight excluding hydrogens is 241 g/mol. The molecule has 0 aliphatic carbocycles. The molecule has 1 N–H and O–H groups in total. The van der Waals surface area contributed by atoms with Crippen molar-refractivity contribution in [3.63, 3.8) is 0 Å². The molecule has 94 valence electrons. The van der Waals surface area contributed by atoms with Crippen molar-refractivity contribution in [2.24, 2.45) is 0 Å². The maximum absolute atomic E-state index is 13.2. The molecule has 0 aliphatic rings. The first kappa shape index (κ1) is 14.0. The molecule has 0 saturated heterocycles. The van der Waals surface area contributed by atoms with Crippen molar-refractivity contribution in [2.75, 3.05) is 12.4 Å². The van der Waals surface area contributed by atoms with Gasteiger partial charge in [0.1, 0.15) is 5.82 Å². The Morgan fingerprint density at radius 1 is 1.29 bits per heavy atom. The summed E-state index contributed by atoms with van der Waals surface area (Å²) in [6, 6.07) is 6.61. The third-order valence-electron chi connectivity index (χ3n) is 2.46. The Morgan fingerprint density at radius 2 is 2.06 bits per heavy atom. The lowest BCUT2D eigenvalue weighted by molar-refractivity contribution is -0.121. The van der Waals surface area contributed by atoms with Gasteiger partial charge in [-0.2, -0.15) is 0 Å². The van der Waals surface area contributed by atoms with Gasteiger partial charge < -0.3 is 5.32 Å². The minimum atomic E-state index is -0.219. The average molecular weight is 258 g/mol. The van der Waals surface area contributed by atoms with Gasteiger partial charge in [0.2, 0.25) is 5.91 Å². The van der Waals surface area contributed by atoms with Crippen LogP contribution in [0.5, 0.6) is 0 Å². The van der Waals surface area contributed by atoms with Crippen LogP contribution < -0.4 is 5.32 Å². The molecule has 1 aromatic rings. The Labute approximate surface area is 106 Å². The summed E-state index contributed by atoms with van der Waals surface area (Å²) in [5, 5.41) is 2.77. The van der Waals surface area contributed by atoms with Crippen LogP contribution in [-0.4, -0.2) is 18.3 Å². The van der Waals surface area contributed by atoms with E-state index in [2.05, 4.69) is 5.32 Å². The summed E-state index contributed by atoms with van der Waals surface area (Å²) in [5.41, 5.74) is 0.633. The predicted molar refractivity (Wildman–Crippen MR) is 67.7 cm³/mol. The minimum absolute atomic E-state index is 0.00598. The van der Waals surface area contributed by atoms with Crippen molar-refractivity contribution in [3.05, 3.63) is 35.6 Å². The standard InChI is InChI=1S/C13H17ClFNO/c14-9-4-3-7-13(17)16-10-8-11-5-1-2-6-12(11)15/h1-2,5-6H,3-4,7-10H2,(H,16,17). The third kappa shape index (κ3) is 5.68. The average Bonchev–Trinajstić information content (AvgIpc) is 2.32. The fourth-order valence-electron chi connectivity index (χ4n) is 1.51. The first-order chi connectivity index (χ1) is 8.24. The van der Waals surface area contributed by atoms with Gasteiger partial charge in [0.15, 0.2) is 0 Å². The second-order valence-electron chi connectivity index (χ2n) is 3.84. The highest BCUT2D eigenvalue weighted by Crippen LogP contribution is 2.06. The molecule has 0 unspecified atom stereocenters. The van der Waals surface area contributed by atoms with Crippen LogP contribution in [0, 0.1) is 5.82 Å². The molecule has 0 atom stereocenters. The molecule has 0 aliphatic heterocycles. The zero-order valence-electron chi connectivity index (χ0n) is 9.72. The number of unbranched alkanes of at least 4 members (excludes halogenated alkanes) is 1. The van der Waals surface area contributed by atoms with Crippen molar-refractivity contribution < 1.29 is 9.18 Å². The van der Waals surface area contributed by atoms with E-state index in [-0.39, 0.29) is 11.7 Å². The van der Waals surface area contributed by atoms with Gasteiger partial charge in [-0.05, 0) is 30.9 Å². The Bertz CT molecular complexity index is 357. The van der Waals surface area contributed by atoms with Crippen LogP contribution in [-0.2, 0) is 11.2 Å². The van der Waals surface area contributed by atoms with E-state index in [4.69, 9.17) is 11.6 Å². The summed E-state index contributed by atoms with van der Waals surface area (Å²) in [6.07, 6.45) is 2.66. The molecule has 17 heavy (non-hydrogen) atoms. The van der Waals surface area contributed by atoms with Gasteiger partial charge >= 0.3 is 0 Å². The number of nitrogens with one attached hydrogen (secondary N) is 1. The van der Waals surface area contributed by atoms with Crippen LogP contribution in [0.2, 0.25) is 0 Å². The fourth-order valence-corrected chi connectivity index (χ4v) is 1.70. The van der Waals surface area contributed by atoms with E-state index in [0.717, 1.165) is 12.8 Å². The van der Waals surface area contributed by atoms with Crippen LogP contribution in [0.4, 0.5) is 4.39 Å². The number of carbonyl (C=O) groups excluding carboxylic acids is 1. The maximum atomic E-state index is 13.2. The molecule has 0 saturated carbocycles. The van der Waals surface area contributed by atoms with Crippen LogP contribution in [0.15, 0.2) is 24.3 Å². The monoisotopic (exact) mass is 257 g/mol. The largest absolute Gasteiger partial charge is 0.356 e. The van der Waals surface area contributed by atoms with E-state index < -0.39 is 0 Å². The van der Waals surface area contributed by atoms with E-state index >= 15 is 0 Å². The molecular formula is C13H17ClFNO. The van der Waals surface area contributed by atoms with E-state index in [1.807, 2.05) is 0 Å². The SMILES string of the molecule is O=C(CCCCCl)NCCc1ccccc1F. The van der Waals surface area contributed by atoms with Crippen molar-refractivity contribution in [1.82, 2.24) is 5.32 Å².